The minimum atomic E-state index is -1.05. The number of halogens is 1. The van der Waals surface area contributed by atoms with Gasteiger partial charge < -0.3 is 30.2 Å². The molecule has 0 fully saturated rings. The number of benzene rings is 1. The number of fused-ring (bicyclic) bond motifs is 3. The lowest BCUT2D eigenvalue weighted by atomic mass is 9.99. The number of rotatable bonds is 6. The van der Waals surface area contributed by atoms with Gasteiger partial charge in [0, 0.05) is 36.7 Å². The Balaban J connectivity index is 1.50. The highest BCUT2D eigenvalue weighted by atomic mass is 35.5. The van der Waals surface area contributed by atoms with Gasteiger partial charge in [0.15, 0.2) is 0 Å². The molecule has 2 unspecified atom stereocenters. The first-order chi connectivity index (χ1) is 16.0. The lowest BCUT2D eigenvalue weighted by Gasteiger charge is -2.27. The Morgan fingerprint density at radius 1 is 1.21 bits per heavy atom. The molecule has 1 amide bonds. The van der Waals surface area contributed by atoms with Crippen molar-refractivity contribution < 1.29 is 19.4 Å². The van der Waals surface area contributed by atoms with Crippen LogP contribution in [0.5, 0.6) is 11.6 Å². The predicted molar refractivity (Wildman–Crippen MR) is 124 cm³/mol. The highest BCUT2D eigenvalue weighted by Crippen LogP contribution is 2.40. The van der Waals surface area contributed by atoms with Crippen LogP contribution in [0.1, 0.15) is 17.2 Å². The second-order valence-corrected chi connectivity index (χ2v) is 7.92. The SMILES string of the molecule is COCC1Nc2c(cnc3[nH]cc(C(O)c4ccc(Oc5ccccn5)cc4Cl)c23)NC1=O. The molecular weight excluding hydrogens is 446 g/mol. The molecule has 1 aliphatic rings. The van der Waals surface area contributed by atoms with Gasteiger partial charge in [-0.1, -0.05) is 23.7 Å². The van der Waals surface area contributed by atoms with Gasteiger partial charge in [-0.2, -0.15) is 0 Å². The summed E-state index contributed by atoms with van der Waals surface area (Å²) in [5.74, 6) is 0.726. The van der Waals surface area contributed by atoms with E-state index in [0.29, 0.717) is 50.2 Å². The van der Waals surface area contributed by atoms with Crippen LogP contribution in [-0.4, -0.2) is 45.7 Å². The first-order valence-electron chi connectivity index (χ1n) is 10.2. The number of hydrogen-bond donors (Lipinski definition) is 4. The zero-order chi connectivity index (χ0) is 22.9. The van der Waals surface area contributed by atoms with Crippen LogP contribution in [0.3, 0.4) is 0 Å². The maximum absolute atomic E-state index is 12.3. The molecule has 5 rings (SSSR count). The topological polar surface area (TPSA) is 121 Å². The lowest BCUT2D eigenvalue weighted by molar-refractivity contribution is -0.118. The first kappa shape index (κ1) is 21.2. The summed E-state index contributed by atoms with van der Waals surface area (Å²) >= 11 is 6.51. The van der Waals surface area contributed by atoms with Crippen LogP contribution in [0.4, 0.5) is 11.4 Å². The maximum atomic E-state index is 12.3. The van der Waals surface area contributed by atoms with Crippen molar-refractivity contribution in [2.75, 3.05) is 24.4 Å². The molecule has 2 atom stereocenters. The normalized spacial score (nSPS) is 16.1. The van der Waals surface area contributed by atoms with E-state index in [1.165, 1.54) is 7.11 Å². The van der Waals surface area contributed by atoms with Gasteiger partial charge in [-0.25, -0.2) is 9.97 Å². The standard InChI is InChI=1S/C23H20ClN5O4/c1-32-11-17-23(31)29-16-10-27-22-19(20(16)28-17)14(9-26-22)21(30)13-6-5-12(8-15(13)24)33-18-4-2-3-7-25-18/h2-10,17,21,28,30H,11H2,1H3,(H,26,27)(H,29,31). The van der Waals surface area contributed by atoms with Crippen molar-refractivity contribution in [3.8, 4) is 11.6 Å². The first-order valence-corrected chi connectivity index (χ1v) is 10.6. The number of aromatic nitrogens is 3. The Bertz CT molecular complexity index is 1330. The number of amides is 1. The number of aliphatic hydroxyl groups is 1. The Kier molecular flexibility index (Phi) is 5.59. The monoisotopic (exact) mass is 465 g/mol. The Morgan fingerprint density at radius 2 is 2.09 bits per heavy atom. The molecule has 0 aliphatic carbocycles. The van der Waals surface area contributed by atoms with Gasteiger partial charge >= 0.3 is 0 Å². The second kappa shape index (κ2) is 8.70. The van der Waals surface area contributed by atoms with Crippen LogP contribution in [0.25, 0.3) is 11.0 Å². The number of methoxy groups -OCH3 is 1. The summed E-state index contributed by atoms with van der Waals surface area (Å²) < 4.78 is 10.9. The lowest BCUT2D eigenvalue weighted by Crippen LogP contribution is -2.42. The molecule has 1 aliphatic heterocycles. The summed E-state index contributed by atoms with van der Waals surface area (Å²) in [6.07, 6.45) is 3.83. The third-order valence-electron chi connectivity index (χ3n) is 5.38. The quantitative estimate of drug-likeness (QED) is 0.341. The maximum Gasteiger partial charge on any atom is 0.249 e. The van der Waals surface area contributed by atoms with Crippen molar-refractivity contribution in [1.29, 1.82) is 0 Å². The van der Waals surface area contributed by atoms with Crippen LogP contribution >= 0.6 is 11.6 Å². The number of nitrogens with zero attached hydrogens (tertiary/aromatic N) is 2. The predicted octanol–water partition coefficient (Wildman–Crippen LogP) is 3.86. The van der Waals surface area contributed by atoms with Crippen LogP contribution in [-0.2, 0) is 9.53 Å². The molecule has 4 N–H and O–H groups in total. The van der Waals surface area contributed by atoms with E-state index in [1.54, 1.807) is 48.9 Å². The number of H-pyrrole nitrogens is 1. The molecule has 33 heavy (non-hydrogen) atoms. The number of aliphatic hydroxyl groups excluding tert-OH is 1. The molecule has 0 saturated heterocycles. The number of carbonyl (C=O) groups is 1. The van der Waals surface area contributed by atoms with Crippen molar-refractivity contribution in [2.24, 2.45) is 0 Å². The van der Waals surface area contributed by atoms with Gasteiger partial charge in [-0.05, 0) is 18.2 Å². The molecule has 4 aromatic rings. The Hall–Kier alpha value is -3.66. The molecule has 0 bridgehead atoms. The minimum Gasteiger partial charge on any atom is -0.439 e. The Labute approximate surface area is 193 Å². The molecule has 9 nitrogen and oxygen atoms in total. The van der Waals surface area contributed by atoms with E-state index in [2.05, 4.69) is 25.6 Å². The van der Waals surface area contributed by atoms with E-state index < -0.39 is 12.1 Å². The van der Waals surface area contributed by atoms with Crippen molar-refractivity contribution >= 4 is 39.9 Å². The average molecular weight is 466 g/mol. The summed E-state index contributed by atoms with van der Waals surface area (Å²) in [6.45, 7) is 0.195. The molecule has 0 radical (unpaired) electrons. The third-order valence-corrected chi connectivity index (χ3v) is 5.71. The number of nitrogens with one attached hydrogen (secondary N) is 3. The number of aromatic amines is 1. The van der Waals surface area contributed by atoms with E-state index >= 15 is 0 Å². The van der Waals surface area contributed by atoms with Crippen molar-refractivity contribution in [3.63, 3.8) is 0 Å². The summed E-state index contributed by atoms with van der Waals surface area (Å²) in [5.41, 5.74) is 2.81. The fourth-order valence-electron chi connectivity index (χ4n) is 3.81. The molecule has 4 heterocycles. The highest BCUT2D eigenvalue weighted by Gasteiger charge is 2.30. The number of carbonyl (C=O) groups excluding carboxylic acids is 1. The fraction of sp³-hybridized carbons (Fsp3) is 0.174. The van der Waals surface area contributed by atoms with Gasteiger partial charge in [0.25, 0.3) is 0 Å². The minimum absolute atomic E-state index is 0.195. The van der Waals surface area contributed by atoms with Gasteiger partial charge in [0.1, 0.15) is 23.5 Å². The summed E-state index contributed by atoms with van der Waals surface area (Å²) in [5, 5.41) is 18.3. The number of hydrogen-bond acceptors (Lipinski definition) is 7. The van der Waals surface area contributed by atoms with E-state index in [4.69, 9.17) is 21.1 Å². The summed E-state index contributed by atoms with van der Waals surface area (Å²) in [7, 11) is 1.53. The molecule has 3 aromatic heterocycles. The number of pyridine rings is 2. The van der Waals surface area contributed by atoms with E-state index in [0.717, 1.165) is 0 Å². The Morgan fingerprint density at radius 3 is 2.85 bits per heavy atom. The molecule has 1 aromatic carbocycles. The second-order valence-electron chi connectivity index (χ2n) is 7.51. The van der Waals surface area contributed by atoms with Crippen LogP contribution in [0.15, 0.2) is 55.0 Å². The van der Waals surface area contributed by atoms with Gasteiger partial charge in [0.2, 0.25) is 11.8 Å². The largest absolute Gasteiger partial charge is 0.439 e. The van der Waals surface area contributed by atoms with Crippen molar-refractivity contribution in [3.05, 3.63) is 71.1 Å². The van der Waals surface area contributed by atoms with Crippen molar-refractivity contribution in [2.45, 2.75) is 12.1 Å². The number of ether oxygens (including phenoxy) is 2. The van der Waals surface area contributed by atoms with Crippen LogP contribution in [0.2, 0.25) is 5.02 Å². The van der Waals surface area contributed by atoms with Gasteiger partial charge in [-0.3, -0.25) is 4.79 Å². The zero-order valence-corrected chi connectivity index (χ0v) is 18.3. The smallest absolute Gasteiger partial charge is 0.249 e. The molecule has 0 saturated carbocycles. The van der Waals surface area contributed by atoms with E-state index in [1.807, 2.05) is 6.07 Å². The van der Waals surface area contributed by atoms with Crippen molar-refractivity contribution in [1.82, 2.24) is 15.0 Å². The van der Waals surface area contributed by atoms with E-state index in [-0.39, 0.29) is 12.5 Å². The average Bonchev–Trinajstić information content (AvgIpc) is 3.25. The zero-order valence-electron chi connectivity index (χ0n) is 17.5. The van der Waals surface area contributed by atoms with Crippen LogP contribution < -0.4 is 15.4 Å². The molecule has 168 valence electrons. The van der Waals surface area contributed by atoms with Crippen LogP contribution in [0, 0.1) is 0 Å². The third kappa shape index (κ3) is 3.97. The summed E-state index contributed by atoms with van der Waals surface area (Å²) in [6, 6.07) is 9.84. The highest BCUT2D eigenvalue weighted by molar-refractivity contribution is 6.31. The number of anilines is 2. The molecular formula is C23H20ClN5O4. The van der Waals surface area contributed by atoms with Gasteiger partial charge in [0.05, 0.1) is 34.6 Å². The van der Waals surface area contributed by atoms with Gasteiger partial charge in [-0.15, -0.1) is 0 Å². The molecule has 0 spiro atoms. The van der Waals surface area contributed by atoms with E-state index in [9.17, 15) is 9.90 Å². The molecule has 10 heteroatoms. The summed E-state index contributed by atoms with van der Waals surface area (Å²) in [4.78, 5) is 23.9. The fourth-order valence-corrected chi connectivity index (χ4v) is 4.09.